The van der Waals surface area contributed by atoms with Gasteiger partial charge in [0.1, 0.15) is 0 Å². The molecule has 10 aromatic rings. The molecule has 0 aromatic heterocycles. The molecule has 1 aliphatic carbocycles. The maximum atomic E-state index is 2.45. The van der Waals surface area contributed by atoms with E-state index in [1.54, 1.807) is 0 Å². The van der Waals surface area contributed by atoms with Gasteiger partial charge < -0.3 is 4.90 Å². The molecule has 0 saturated carbocycles. The van der Waals surface area contributed by atoms with Crippen molar-refractivity contribution < 1.29 is 0 Å². The Bertz CT molecular complexity index is 3150. The van der Waals surface area contributed by atoms with Gasteiger partial charge in [-0.15, -0.1) is 0 Å². The first-order valence-corrected chi connectivity index (χ1v) is 20.5. The molecule has 0 saturated heterocycles. The number of rotatable bonds is 7. The van der Waals surface area contributed by atoms with Crippen LogP contribution in [0, 0.1) is 0 Å². The van der Waals surface area contributed by atoms with Crippen LogP contribution in [0.15, 0.2) is 231 Å². The number of hydrogen-bond acceptors (Lipinski definition) is 1. The molecule has 0 fully saturated rings. The van der Waals surface area contributed by atoms with Gasteiger partial charge in [0.25, 0.3) is 0 Å². The molecule has 1 unspecified atom stereocenters. The Morgan fingerprint density at radius 1 is 0.322 bits per heavy atom. The molecule has 10 aromatic carbocycles. The van der Waals surface area contributed by atoms with Gasteiger partial charge >= 0.3 is 0 Å². The molecule has 1 nitrogen and oxygen atoms in total. The van der Waals surface area contributed by atoms with E-state index in [9.17, 15) is 0 Å². The Hall–Kier alpha value is -7.48. The summed E-state index contributed by atoms with van der Waals surface area (Å²) in [6.45, 7) is 2.39. The van der Waals surface area contributed by atoms with Crippen molar-refractivity contribution in [3.05, 3.63) is 247 Å². The van der Waals surface area contributed by atoms with Gasteiger partial charge in [-0.3, -0.25) is 0 Å². The van der Waals surface area contributed by atoms with Crippen molar-refractivity contribution in [1.82, 2.24) is 0 Å². The Balaban J connectivity index is 1.15. The van der Waals surface area contributed by atoms with E-state index < -0.39 is 0 Å². The summed E-state index contributed by atoms with van der Waals surface area (Å²) in [6.07, 6.45) is 0. The minimum Gasteiger partial charge on any atom is -0.310 e. The molecule has 0 N–H and O–H groups in total. The third-order valence-electron chi connectivity index (χ3n) is 12.5. The van der Waals surface area contributed by atoms with E-state index >= 15 is 0 Å². The van der Waals surface area contributed by atoms with Crippen LogP contribution in [0.4, 0.5) is 17.1 Å². The average Bonchev–Trinajstić information content (AvgIpc) is 3.57. The molecule has 11 rings (SSSR count). The van der Waals surface area contributed by atoms with Gasteiger partial charge in [-0.25, -0.2) is 0 Å². The largest absolute Gasteiger partial charge is 0.310 e. The van der Waals surface area contributed by atoms with Crippen LogP contribution in [-0.2, 0) is 5.41 Å². The fourth-order valence-electron chi connectivity index (χ4n) is 9.79. The summed E-state index contributed by atoms with van der Waals surface area (Å²) in [6, 6.07) is 84.5. The SMILES string of the molecule is CC1(c2ccccc2)c2ccccc2-c2ccc(N(c3ccccc3)c3ccccc3-c3ccc4c(c3)c(-c3ccccc3)c(-c3ccccc3)c3ccccc34)cc21. The highest BCUT2D eigenvalue weighted by Crippen LogP contribution is 2.54. The molecular weight excluding hydrogens is 711 g/mol. The smallest absolute Gasteiger partial charge is 0.0540 e. The highest BCUT2D eigenvalue weighted by molar-refractivity contribution is 6.22. The molecule has 0 bridgehead atoms. The van der Waals surface area contributed by atoms with Gasteiger partial charge in [-0.1, -0.05) is 194 Å². The Morgan fingerprint density at radius 3 is 1.56 bits per heavy atom. The van der Waals surface area contributed by atoms with Crippen LogP contribution in [0.1, 0.15) is 23.6 Å². The molecule has 1 aliphatic rings. The second-order valence-corrected chi connectivity index (χ2v) is 15.7. The lowest BCUT2D eigenvalue weighted by atomic mass is 9.74. The maximum Gasteiger partial charge on any atom is 0.0540 e. The van der Waals surface area contributed by atoms with Gasteiger partial charge in [-0.2, -0.15) is 0 Å². The number of fused-ring (bicyclic) bond motifs is 6. The maximum absolute atomic E-state index is 2.45. The predicted octanol–water partition coefficient (Wildman–Crippen LogP) is 15.8. The van der Waals surface area contributed by atoms with E-state index in [0.717, 1.165) is 17.1 Å². The lowest BCUT2D eigenvalue weighted by Gasteiger charge is -2.31. The molecule has 59 heavy (non-hydrogen) atoms. The van der Waals surface area contributed by atoms with E-state index in [-0.39, 0.29) is 5.41 Å². The number of nitrogens with zero attached hydrogens (tertiary/aromatic N) is 1. The third-order valence-corrected chi connectivity index (χ3v) is 12.5. The van der Waals surface area contributed by atoms with Crippen molar-refractivity contribution in [2.75, 3.05) is 4.90 Å². The van der Waals surface area contributed by atoms with E-state index in [1.807, 2.05) is 0 Å². The van der Waals surface area contributed by atoms with Crippen molar-refractivity contribution in [3.8, 4) is 44.5 Å². The summed E-state index contributed by atoms with van der Waals surface area (Å²) in [5.41, 5.74) is 16.9. The van der Waals surface area contributed by atoms with Crippen LogP contribution in [0.2, 0.25) is 0 Å². The fourth-order valence-corrected chi connectivity index (χ4v) is 9.79. The van der Waals surface area contributed by atoms with Crippen LogP contribution in [0.3, 0.4) is 0 Å². The van der Waals surface area contributed by atoms with Crippen molar-refractivity contribution in [3.63, 3.8) is 0 Å². The number of benzene rings is 10. The molecule has 0 aliphatic heterocycles. The zero-order valence-electron chi connectivity index (χ0n) is 32.9. The van der Waals surface area contributed by atoms with Crippen LogP contribution < -0.4 is 4.90 Å². The van der Waals surface area contributed by atoms with Crippen LogP contribution in [0.5, 0.6) is 0 Å². The number of anilines is 3. The summed E-state index contributed by atoms with van der Waals surface area (Å²) < 4.78 is 0. The van der Waals surface area contributed by atoms with E-state index in [1.165, 1.54) is 82.7 Å². The highest BCUT2D eigenvalue weighted by Gasteiger charge is 2.41. The first-order chi connectivity index (χ1) is 29.2. The first kappa shape index (κ1) is 34.7. The standard InChI is InChI=1S/C58H41N/c1-58(43-24-10-4-11-25-43)53-32-18-16-30-49(53)50-37-35-45(39-54(50)58)59(44-26-12-5-13-27-44)55-33-19-17-28-46(55)42-34-36-48-47-29-14-15-31-51(47)56(40-20-6-2-7-21-40)57(52(48)38-42)41-22-8-3-9-23-41/h2-39H,1H3. The zero-order valence-corrected chi connectivity index (χ0v) is 32.9. The summed E-state index contributed by atoms with van der Waals surface area (Å²) >= 11 is 0. The van der Waals surface area contributed by atoms with Gasteiger partial charge in [0.05, 0.1) is 5.69 Å². The summed E-state index contributed by atoms with van der Waals surface area (Å²) in [4.78, 5) is 2.45. The number of para-hydroxylation sites is 2. The predicted molar refractivity (Wildman–Crippen MR) is 250 cm³/mol. The highest BCUT2D eigenvalue weighted by atomic mass is 15.1. The molecule has 0 radical (unpaired) electrons. The molecular formula is C58H41N. The lowest BCUT2D eigenvalue weighted by molar-refractivity contribution is 0.714. The third kappa shape index (κ3) is 5.62. The number of hydrogen-bond donors (Lipinski definition) is 0. The molecule has 1 atom stereocenters. The Kier molecular flexibility index (Phi) is 8.34. The van der Waals surface area contributed by atoms with Crippen LogP contribution in [-0.4, -0.2) is 0 Å². The quantitative estimate of drug-likeness (QED) is 0.147. The fraction of sp³-hybridized carbons (Fsp3) is 0.0345. The van der Waals surface area contributed by atoms with Crippen LogP contribution >= 0.6 is 0 Å². The van der Waals surface area contributed by atoms with E-state index in [2.05, 4.69) is 242 Å². The second kappa shape index (κ2) is 14.2. The molecule has 278 valence electrons. The minimum absolute atomic E-state index is 0.309. The average molecular weight is 752 g/mol. The van der Waals surface area contributed by atoms with E-state index in [4.69, 9.17) is 0 Å². The second-order valence-electron chi connectivity index (χ2n) is 15.7. The van der Waals surface area contributed by atoms with Crippen LogP contribution in [0.25, 0.3) is 66.1 Å². The first-order valence-electron chi connectivity index (χ1n) is 20.5. The van der Waals surface area contributed by atoms with Crippen molar-refractivity contribution in [1.29, 1.82) is 0 Å². The van der Waals surface area contributed by atoms with Gasteiger partial charge in [0.2, 0.25) is 0 Å². The topological polar surface area (TPSA) is 3.24 Å². The zero-order chi connectivity index (χ0) is 39.3. The molecule has 0 spiro atoms. The van der Waals surface area contributed by atoms with Gasteiger partial charge in [0, 0.05) is 22.4 Å². The normalized spacial score (nSPS) is 14.3. The monoisotopic (exact) mass is 751 g/mol. The molecule has 1 heteroatoms. The lowest BCUT2D eigenvalue weighted by Crippen LogP contribution is -2.22. The molecule has 0 amide bonds. The van der Waals surface area contributed by atoms with Crippen molar-refractivity contribution in [2.24, 2.45) is 0 Å². The Morgan fingerprint density at radius 2 is 0.847 bits per heavy atom. The summed E-state index contributed by atoms with van der Waals surface area (Å²) in [5.74, 6) is 0. The minimum atomic E-state index is -0.309. The van der Waals surface area contributed by atoms with Gasteiger partial charge in [-0.05, 0) is 121 Å². The van der Waals surface area contributed by atoms with Crippen molar-refractivity contribution in [2.45, 2.75) is 12.3 Å². The van der Waals surface area contributed by atoms with E-state index in [0.29, 0.717) is 0 Å². The van der Waals surface area contributed by atoms with Gasteiger partial charge in [0.15, 0.2) is 0 Å². The Labute approximate surface area is 346 Å². The summed E-state index contributed by atoms with van der Waals surface area (Å²) in [5, 5.41) is 5.00. The molecule has 0 heterocycles. The van der Waals surface area contributed by atoms with Crippen molar-refractivity contribution >= 4 is 38.6 Å². The summed E-state index contributed by atoms with van der Waals surface area (Å²) in [7, 11) is 0.